The molecule has 0 aliphatic heterocycles. The molecule has 0 bridgehead atoms. The second kappa shape index (κ2) is 8.96. The molecule has 0 radical (unpaired) electrons. The van der Waals surface area contributed by atoms with Crippen LogP contribution in [0, 0.1) is 12.7 Å². The fourth-order valence-electron chi connectivity index (χ4n) is 3.04. The SMILES string of the molecule is Cc1c(CNC(=O)c2nc(C(C)(C)C)no2)ccc(-c2ncnc(Nc3ccn(C)n3)n2)c1F. The highest BCUT2D eigenvalue weighted by molar-refractivity contribution is 5.89. The summed E-state index contributed by atoms with van der Waals surface area (Å²) in [5.41, 5.74) is 0.815. The molecule has 0 aliphatic carbocycles. The van der Waals surface area contributed by atoms with Crippen LogP contribution in [0.3, 0.4) is 0 Å². The molecule has 0 spiro atoms. The number of aromatic nitrogens is 7. The van der Waals surface area contributed by atoms with Crippen molar-refractivity contribution in [2.24, 2.45) is 7.05 Å². The minimum Gasteiger partial charge on any atom is -0.344 e. The molecule has 34 heavy (non-hydrogen) atoms. The smallest absolute Gasteiger partial charge is 0.315 e. The van der Waals surface area contributed by atoms with Crippen molar-refractivity contribution in [3.63, 3.8) is 0 Å². The standard InChI is InChI=1S/C22H24FN9O2/c1-12-13(10-24-18(33)19-29-20(31-34-19)22(2,3)4)6-7-14(16(12)23)17-25-11-26-21(28-17)27-15-8-9-32(5)30-15/h6-9,11H,10H2,1-5H3,(H,24,33)(H,25,26,27,28,30). The van der Waals surface area contributed by atoms with Crippen molar-refractivity contribution >= 4 is 17.7 Å². The molecule has 3 aromatic heterocycles. The number of anilines is 2. The van der Waals surface area contributed by atoms with Crippen molar-refractivity contribution in [1.82, 2.24) is 40.2 Å². The monoisotopic (exact) mass is 465 g/mol. The van der Waals surface area contributed by atoms with E-state index in [2.05, 4.69) is 40.8 Å². The molecule has 1 amide bonds. The van der Waals surface area contributed by atoms with E-state index >= 15 is 4.39 Å². The number of amides is 1. The fourth-order valence-corrected chi connectivity index (χ4v) is 3.04. The summed E-state index contributed by atoms with van der Waals surface area (Å²) < 4.78 is 21.9. The van der Waals surface area contributed by atoms with Crippen molar-refractivity contribution in [2.75, 3.05) is 5.32 Å². The van der Waals surface area contributed by atoms with E-state index in [1.165, 1.54) is 6.33 Å². The Hall–Kier alpha value is -4.22. The van der Waals surface area contributed by atoms with Gasteiger partial charge in [0.25, 0.3) is 0 Å². The maximum atomic E-state index is 15.2. The quantitative estimate of drug-likeness (QED) is 0.440. The lowest BCUT2D eigenvalue weighted by Gasteiger charge is -2.11. The molecule has 0 saturated carbocycles. The van der Waals surface area contributed by atoms with Crippen molar-refractivity contribution in [1.29, 1.82) is 0 Å². The van der Waals surface area contributed by atoms with Crippen LogP contribution >= 0.6 is 0 Å². The third-order valence-corrected chi connectivity index (χ3v) is 5.00. The van der Waals surface area contributed by atoms with Crippen molar-refractivity contribution in [2.45, 2.75) is 39.7 Å². The number of carbonyl (C=O) groups excluding carboxylic acids is 1. The number of hydrogen-bond donors (Lipinski definition) is 2. The van der Waals surface area contributed by atoms with Crippen LogP contribution in [0.15, 0.2) is 35.2 Å². The van der Waals surface area contributed by atoms with E-state index in [9.17, 15) is 4.79 Å². The van der Waals surface area contributed by atoms with Crippen LogP contribution in [-0.2, 0) is 19.0 Å². The summed E-state index contributed by atoms with van der Waals surface area (Å²) in [5, 5.41) is 13.7. The molecule has 0 saturated heterocycles. The molecule has 0 unspecified atom stereocenters. The van der Waals surface area contributed by atoms with E-state index in [4.69, 9.17) is 4.52 Å². The lowest BCUT2D eigenvalue weighted by molar-refractivity contribution is 0.0907. The lowest BCUT2D eigenvalue weighted by atomic mass is 9.96. The molecule has 1 aromatic carbocycles. The van der Waals surface area contributed by atoms with Crippen LogP contribution in [-0.4, -0.2) is 40.8 Å². The van der Waals surface area contributed by atoms with Gasteiger partial charge in [0.15, 0.2) is 17.5 Å². The number of hydrogen-bond acceptors (Lipinski definition) is 9. The molecule has 11 nitrogen and oxygen atoms in total. The van der Waals surface area contributed by atoms with Gasteiger partial charge in [-0.15, -0.1) is 0 Å². The number of halogens is 1. The zero-order valence-corrected chi connectivity index (χ0v) is 19.4. The van der Waals surface area contributed by atoms with Gasteiger partial charge in [0.2, 0.25) is 5.95 Å². The van der Waals surface area contributed by atoms with Gasteiger partial charge in [-0.05, 0) is 24.1 Å². The summed E-state index contributed by atoms with van der Waals surface area (Å²) in [4.78, 5) is 29.0. The van der Waals surface area contributed by atoms with Crippen LogP contribution in [0.1, 0.15) is 48.4 Å². The average Bonchev–Trinajstić information content (AvgIpc) is 3.44. The number of nitrogens with zero attached hydrogens (tertiary/aromatic N) is 7. The first-order chi connectivity index (χ1) is 16.1. The van der Waals surface area contributed by atoms with E-state index in [1.54, 1.807) is 43.0 Å². The molecular weight excluding hydrogens is 441 g/mol. The maximum Gasteiger partial charge on any atom is 0.315 e. The van der Waals surface area contributed by atoms with Gasteiger partial charge in [0.1, 0.15) is 12.1 Å². The van der Waals surface area contributed by atoms with Crippen molar-refractivity contribution < 1.29 is 13.7 Å². The van der Waals surface area contributed by atoms with Crippen LogP contribution in [0.4, 0.5) is 16.2 Å². The first-order valence-corrected chi connectivity index (χ1v) is 10.5. The van der Waals surface area contributed by atoms with Crippen LogP contribution in [0.2, 0.25) is 0 Å². The van der Waals surface area contributed by atoms with E-state index < -0.39 is 11.7 Å². The average molecular weight is 465 g/mol. The summed E-state index contributed by atoms with van der Waals surface area (Å²) >= 11 is 0. The first kappa shape index (κ1) is 23.0. The fraction of sp³-hybridized carbons (Fsp3) is 0.318. The van der Waals surface area contributed by atoms with Gasteiger partial charge in [0, 0.05) is 31.3 Å². The number of carbonyl (C=O) groups is 1. The Morgan fingerprint density at radius 3 is 2.65 bits per heavy atom. The minimum absolute atomic E-state index is 0.0821. The van der Waals surface area contributed by atoms with Gasteiger partial charge in [-0.2, -0.15) is 15.1 Å². The molecule has 4 rings (SSSR count). The Morgan fingerprint density at radius 2 is 1.97 bits per heavy atom. The van der Waals surface area contributed by atoms with E-state index in [0.717, 1.165) is 0 Å². The Balaban J connectivity index is 1.48. The Kier molecular flexibility index (Phi) is 6.05. The largest absolute Gasteiger partial charge is 0.344 e. The molecule has 176 valence electrons. The summed E-state index contributed by atoms with van der Waals surface area (Å²) in [6, 6.07) is 5.03. The van der Waals surface area contributed by atoms with Crippen molar-refractivity contribution in [3.8, 4) is 11.4 Å². The van der Waals surface area contributed by atoms with Crippen molar-refractivity contribution in [3.05, 3.63) is 59.4 Å². The normalized spacial score (nSPS) is 11.5. The minimum atomic E-state index is -0.533. The number of aryl methyl sites for hydroxylation is 1. The number of rotatable bonds is 6. The Morgan fingerprint density at radius 1 is 1.18 bits per heavy atom. The van der Waals surface area contributed by atoms with Crippen LogP contribution in [0.25, 0.3) is 11.4 Å². The molecular formula is C22H24FN9O2. The topological polar surface area (TPSA) is 137 Å². The van der Waals surface area contributed by atoms with E-state index in [1.807, 2.05) is 20.8 Å². The van der Waals surface area contributed by atoms with Gasteiger partial charge in [0.05, 0.1) is 5.56 Å². The van der Waals surface area contributed by atoms with Crippen LogP contribution in [0.5, 0.6) is 0 Å². The second-order valence-corrected chi connectivity index (χ2v) is 8.70. The predicted octanol–water partition coefficient (Wildman–Crippen LogP) is 3.07. The van der Waals surface area contributed by atoms with Crippen LogP contribution < -0.4 is 10.6 Å². The molecule has 12 heteroatoms. The highest BCUT2D eigenvalue weighted by Crippen LogP contribution is 2.25. The first-order valence-electron chi connectivity index (χ1n) is 10.5. The van der Waals surface area contributed by atoms with Gasteiger partial charge in [-0.25, -0.2) is 14.4 Å². The third-order valence-electron chi connectivity index (χ3n) is 5.00. The summed E-state index contributed by atoms with van der Waals surface area (Å²) in [6.07, 6.45) is 3.07. The number of benzene rings is 1. The molecule has 0 aliphatic rings. The molecule has 2 N–H and O–H groups in total. The third kappa shape index (κ3) is 4.90. The predicted molar refractivity (Wildman–Crippen MR) is 121 cm³/mol. The summed E-state index contributed by atoms with van der Waals surface area (Å²) in [5.74, 6) is 0.232. The van der Waals surface area contributed by atoms with E-state index in [-0.39, 0.29) is 35.2 Å². The molecule has 0 fully saturated rings. The summed E-state index contributed by atoms with van der Waals surface area (Å²) in [6.45, 7) is 7.45. The van der Waals surface area contributed by atoms with Gasteiger partial charge in [-0.3, -0.25) is 9.48 Å². The highest BCUT2D eigenvalue weighted by Gasteiger charge is 2.24. The van der Waals surface area contributed by atoms with Gasteiger partial charge < -0.3 is 15.2 Å². The zero-order chi connectivity index (χ0) is 24.5. The Bertz CT molecular complexity index is 1340. The Labute approximate surface area is 194 Å². The zero-order valence-electron chi connectivity index (χ0n) is 19.4. The van der Waals surface area contributed by atoms with Gasteiger partial charge in [-0.1, -0.05) is 32.0 Å². The maximum absolute atomic E-state index is 15.2. The second-order valence-electron chi connectivity index (χ2n) is 8.70. The lowest BCUT2D eigenvalue weighted by Crippen LogP contribution is -2.24. The van der Waals surface area contributed by atoms with Gasteiger partial charge >= 0.3 is 11.8 Å². The highest BCUT2D eigenvalue weighted by atomic mass is 19.1. The molecule has 0 atom stereocenters. The summed E-state index contributed by atoms with van der Waals surface area (Å²) in [7, 11) is 1.79. The molecule has 4 aromatic rings. The molecule has 3 heterocycles. The van der Waals surface area contributed by atoms with E-state index in [0.29, 0.717) is 22.8 Å². The number of nitrogens with one attached hydrogen (secondary N) is 2.